The minimum Gasteiger partial charge on any atom is -0.449 e. The van der Waals surface area contributed by atoms with Crippen LogP contribution >= 0.6 is 0 Å². The lowest BCUT2D eigenvalue weighted by Crippen LogP contribution is -2.16. The Morgan fingerprint density at radius 3 is 2.59 bits per heavy atom. The maximum atomic E-state index is 12.6. The van der Waals surface area contributed by atoms with Gasteiger partial charge in [0.1, 0.15) is 6.07 Å². The number of carbonyl (C=O) groups excluding carboxylic acids is 1. The van der Waals surface area contributed by atoms with Gasteiger partial charge in [-0.3, -0.25) is 5.32 Å². The van der Waals surface area contributed by atoms with Crippen molar-refractivity contribution in [3.8, 4) is 6.07 Å². The lowest BCUT2D eigenvalue weighted by atomic mass is 10.2. The number of ether oxygens (including phenoxy) is 1. The highest BCUT2D eigenvalue weighted by molar-refractivity contribution is 5.83. The third-order valence-corrected chi connectivity index (χ3v) is 3.31. The highest BCUT2D eigenvalue weighted by Gasteiger charge is 2.29. The fraction of sp³-hybridized carbons (Fsp3) is 0.294. The molecule has 0 aliphatic carbocycles. The molecule has 0 radical (unpaired) electrons. The Hall–Kier alpha value is -3.35. The highest BCUT2D eigenvalue weighted by atomic mass is 19.4. The number of nitriles is 1. The van der Waals surface area contributed by atoms with Crippen molar-refractivity contribution in [3.05, 3.63) is 41.7 Å². The molecule has 0 fully saturated rings. The summed E-state index contributed by atoms with van der Waals surface area (Å²) in [5.41, 5.74) is -0.629. The van der Waals surface area contributed by atoms with Crippen molar-refractivity contribution in [2.75, 3.05) is 17.2 Å². The predicted octanol–water partition coefficient (Wildman–Crippen LogP) is 4.46. The van der Waals surface area contributed by atoms with Crippen LogP contribution in [0, 0.1) is 11.3 Å². The fourth-order valence-electron chi connectivity index (χ4n) is 1.95. The number of rotatable bonds is 6. The fourth-order valence-corrected chi connectivity index (χ4v) is 1.95. The first kappa shape index (κ1) is 20.0. The second-order valence-electron chi connectivity index (χ2n) is 5.38. The zero-order valence-electron chi connectivity index (χ0n) is 14.3. The Labute approximate surface area is 153 Å². The molecule has 0 saturated carbocycles. The molecule has 0 aliphatic rings. The molecular formula is C17H16F3N5O2. The summed E-state index contributed by atoms with van der Waals surface area (Å²) < 4.78 is 42.7. The topological polar surface area (TPSA) is 99.9 Å². The van der Waals surface area contributed by atoms with Crippen molar-refractivity contribution >= 4 is 23.4 Å². The number of halogens is 3. The Morgan fingerprint density at radius 1 is 1.30 bits per heavy atom. The van der Waals surface area contributed by atoms with E-state index in [1.807, 2.05) is 13.0 Å². The lowest BCUT2D eigenvalue weighted by molar-refractivity contribution is -0.137. The average Bonchev–Trinajstić information content (AvgIpc) is 2.63. The Morgan fingerprint density at radius 2 is 2.00 bits per heavy atom. The van der Waals surface area contributed by atoms with E-state index in [1.54, 1.807) is 0 Å². The van der Waals surface area contributed by atoms with Crippen molar-refractivity contribution in [1.82, 2.24) is 9.97 Å². The molecule has 1 amide bonds. The molecule has 0 unspecified atom stereocenters. The number of unbranched alkanes of at least 4 members (excludes halogenated alkanes) is 1. The van der Waals surface area contributed by atoms with Gasteiger partial charge in [-0.2, -0.15) is 18.4 Å². The molecule has 0 spiro atoms. The molecular weight excluding hydrogens is 363 g/mol. The standard InChI is InChI=1S/C17H16F3N5O2/c1-2-3-8-27-16(26)25-14-10-22-15(13(9-21)24-14)23-12-6-4-11(5-7-12)17(18,19)20/h4-7,10H,2-3,8H2,1H3,(H,22,23)(H,24,25,26). The lowest BCUT2D eigenvalue weighted by Gasteiger charge is -2.11. The predicted molar refractivity (Wildman–Crippen MR) is 91.4 cm³/mol. The van der Waals surface area contributed by atoms with Crippen LogP contribution in [0.25, 0.3) is 0 Å². The number of benzene rings is 1. The second-order valence-corrected chi connectivity index (χ2v) is 5.38. The maximum absolute atomic E-state index is 12.6. The molecule has 0 atom stereocenters. The number of nitrogens with one attached hydrogen (secondary N) is 2. The van der Waals surface area contributed by atoms with E-state index < -0.39 is 17.8 Å². The van der Waals surface area contributed by atoms with Gasteiger partial charge in [-0.1, -0.05) is 13.3 Å². The maximum Gasteiger partial charge on any atom is 0.416 e. The van der Waals surface area contributed by atoms with Gasteiger partial charge in [0.2, 0.25) is 0 Å². The molecule has 1 aromatic carbocycles. The molecule has 2 rings (SSSR count). The molecule has 0 saturated heterocycles. The zero-order valence-corrected chi connectivity index (χ0v) is 14.3. The number of hydrogen-bond donors (Lipinski definition) is 2. The van der Waals surface area contributed by atoms with E-state index in [0.29, 0.717) is 5.69 Å². The summed E-state index contributed by atoms with van der Waals surface area (Å²) in [5, 5.41) is 14.3. The molecule has 142 valence electrons. The summed E-state index contributed by atoms with van der Waals surface area (Å²) in [6.07, 6.45) is -2.36. The van der Waals surface area contributed by atoms with Crippen LogP contribution in [0.4, 0.5) is 35.3 Å². The van der Waals surface area contributed by atoms with Gasteiger partial charge in [-0.25, -0.2) is 14.8 Å². The second kappa shape index (κ2) is 8.84. The van der Waals surface area contributed by atoms with Gasteiger partial charge in [-0.15, -0.1) is 0 Å². The summed E-state index contributed by atoms with van der Waals surface area (Å²) in [7, 11) is 0. The molecule has 2 N–H and O–H groups in total. The largest absolute Gasteiger partial charge is 0.449 e. The van der Waals surface area contributed by atoms with E-state index in [9.17, 15) is 23.2 Å². The number of carbonyl (C=O) groups is 1. The van der Waals surface area contributed by atoms with Crippen molar-refractivity contribution in [3.63, 3.8) is 0 Å². The van der Waals surface area contributed by atoms with E-state index >= 15 is 0 Å². The Kier molecular flexibility index (Phi) is 6.54. The molecule has 1 aromatic heterocycles. The average molecular weight is 379 g/mol. The number of anilines is 3. The van der Waals surface area contributed by atoms with Crippen molar-refractivity contribution in [2.24, 2.45) is 0 Å². The molecule has 1 heterocycles. The molecule has 10 heteroatoms. The van der Waals surface area contributed by atoms with Gasteiger partial charge in [-0.05, 0) is 30.7 Å². The van der Waals surface area contributed by atoms with Gasteiger partial charge < -0.3 is 10.1 Å². The zero-order chi connectivity index (χ0) is 19.9. The summed E-state index contributed by atoms with van der Waals surface area (Å²) in [6.45, 7) is 2.21. The first-order valence-electron chi connectivity index (χ1n) is 7.98. The number of aromatic nitrogens is 2. The van der Waals surface area contributed by atoms with Gasteiger partial charge in [0.25, 0.3) is 0 Å². The van der Waals surface area contributed by atoms with Gasteiger partial charge in [0.05, 0.1) is 18.4 Å². The Bertz CT molecular complexity index is 832. The van der Waals surface area contributed by atoms with Crippen LogP contribution < -0.4 is 10.6 Å². The molecule has 7 nitrogen and oxygen atoms in total. The third-order valence-electron chi connectivity index (χ3n) is 3.31. The van der Waals surface area contributed by atoms with Crippen LogP contribution in [0.1, 0.15) is 31.0 Å². The number of hydrogen-bond acceptors (Lipinski definition) is 6. The summed E-state index contributed by atoms with van der Waals surface area (Å²) in [5.74, 6) is 0.0631. The first-order valence-corrected chi connectivity index (χ1v) is 7.98. The first-order chi connectivity index (χ1) is 12.8. The molecule has 0 aliphatic heterocycles. The summed E-state index contributed by atoms with van der Waals surface area (Å²) in [4.78, 5) is 19.5. The van der Waals surface area contributed by atoms with Crippen LogP contribution in [0.15, 0.2) is 30.5 Å². The molecule has 27 heavy (non-hydrogen) atoms. The van der Waals surface area contributed by atoms with E-state index in [0.717, 1.165) is 25.0 Å². The summed E-state index contributed by atoms with van der Waals surface area (Å²) >= 11 is 0. The van der Waals surface area contributed by atoms with Crippen LogP contribution in [0.3, 0.4) is 0 Å². The van der Waals surface area contributed by atoms with Gasteiger partial charge in [0, 0.05) is 5.69 Å². The number of alkyl halides is 3. The van der Waals surface area contributed by atoms with E-state index in [1.165, 1.54) is 18.3 Å². The molecule has 2 aromatic rings. The number of amides is 1. The SMILES string of the molecule is CCCCOC(=O)Nc1cnc(Nc2ccc(C(F)(F)F)cc2)c(C#N)n1. The van der Waals surface area contributed by atoms with Crippen molar-refractivity contribution < 1.29 is 22.7 Å². The highest BCUT2D eigenvalue weighted by Crippen LogP contribution is 2.30. The summed E-state index contributed by atoms with van der Waals surface area (Å²) in [6, 6.07) is 6.05. The van der Waals surface area contributed by atoms with E-state index in [2.05, 4.69) is 20.6 Å². The minimum atomic E-state index is -4.44. The van der Waals surface area contributed by atoms with Gasteiger partial charge >= 0.3 is 12.3 Å². The monoisotopic (exact) mass is 379 g/mol. The van der Waals surface area contributed by atoms with Crippen LogP contribution in [-0.2, 0) is 10.9 Å². The van der Waals surface area contributed by atoms with Crippen LogP contribution in [0.5, 0.6) is 0 Å². The number of nitrogens with zero attached hydrogens (tertiary/aromatic N) is 3. The van der Waals surface area contributed by atoms with Crippen molar-refractivity contribution in [2.45, 2.75) is 25.9 Å². The van der Waals surface area contributed by atoms with Crippen LogP contribution in [0.2, 0.25) is 0 Å². The smallest absolute Gasteiger partial charge is 0.416 e. The minimum absolute atomic E-state index is 0.0195. The van der Waals surface area contributed by atoms with Gasteiger partial charge in [0.15, 0.2) is 17.3 Å². The third kappa shape index (κ3) is 5.85. The van der Waals surface area contributed by atoms with E-state index in [4.69, 9.17) is 4.74 Å². The van der Waals surface area contributed by atoms with Crippen LogP contribution in [-0.4, -0.2) is 22.7 Å². The van der Waals surface area contributed by atoms with Crippen molar-refractivity contribution in [1.29, 1.82) is 5.26 Å². The normalized spacial score (nSPS) is 10.8. The molecule has 0 bridgehead atoms. The Balaban J connectivity index is 2.08. The quantitative estimate of drug-likeness (QED) is 0.719. The van der Waals surface area contributed by atoms with E-state index in [-0.39, 0.29) is 23.9 Å².